The molecule has 16 heavy (non-hydrogen) atoms. The normalized spacial score (nSPS) is 21.4. The van der Waals surface area contributed by atoms with Gasteiger partial charge in [-0.1, -0.05) is 0 Å². The first-order valence-electron chi connectivity index (χ1n) is 5.70. The molecule has 1 aliphatic rings. The third-order valence-corrected chi connectivity index (χ3v) is 2.31. The number of piperidine rings is 1. The summed E-state index contributed by atoms with van der Waals surface area (Å²) in [5.74, 6) is -0.0827. The summed E-state index contributed by atoms with van der Waals surface area (Å²) < 4.78 is 0. The van der Waals surface area contributed by atoms with Gasteiger partial charge in [0.2, 0.25) is 11.8 Å². The Morgan fingerprint density at radius 1 is 1.50 bits per heavy atom. The van der Waals surface area contributed by atoms with Crippen molar-refractivity contribution in [1.82, 2.24) is 16.0 Å². The first-order valence-corrected chi connectivity index (χ1v) is 5.70. The van der Waals surface area contributed by atoms with Gasteiger partial charge in [0.1, 0.15) is 0 Å². The van der Waals surface area contributed by atoms with Crippen LogP contribution in [0.3, 0.4) is 0 Å². The quantitative estimate of drug-likeness (QED) is 0.624. The molecule has 0 aromatic heterocycles. The molecule has 1 fully saturated rings. The zero-order chi connectivity index (χ0) is 12.2. The van der Waals surface area contributed by atoms with Gasteiger partial charge >= 0.3 is 0 Å². The summed E-state index contributed by atoms with van der Waals surface area (Å²) in [6.45, 7) is 6.72. The zero-order valence-electron chi connectivity index (χ0n) is 10.2. The standard InChI is InChI=1S/C11H21N3O2/c1-11(2,3)14-9(15)7-13-8-5-4-6-12-10(8)16/h8,13H,4-7H2,1-3H3,(H,12,16)(H,14,15). The highest BCUT2D eigenvalue weighted by molar-refractivity contribution is 5.84. The monoisotopic (exact) mass is 227 g/mol. The van der Waals surface area contributed by atoms with Crippen molar-refractivity contribution in [3.05, 3.63) is 0 Å². The Kier molecular flexibility index (Phi) is 4.29. The fourth-order valence-corrected chi connectivity index (χ4v) is 1.65. The summed E-state index contributed by atoms with van der Waals surface area (Å²) in [6.07, 6.45) is 1.76. The maximum Gasteiger partial charge on any atom is 0.237 e. The van der Waals surface area contributed by atoms with E-state index in [4.69, 9.17) is 0 Å². The third-order valence-electron chi connectivity index (χ3n) is 2.31. The van der Waals surface area contributed by atoms with E-state index in [0.717, 1.165) is 19.4 Å². The Morgan fingerprint density at radius 3 is 2.75 bits per heavy atom. The fraction of sp³-hybridized carbons (Fsp3) is 0.818. The smallest absolute Gasteiger partial charge is 0.237 e. The Morgan fingerprint density at radius 2 is 2.19 bits per heavy atom. The van der Waals surface area contributed by atoms with Gasteiger partial charge in [-0.05, 0) is 33.6 Å². The van der Waals surface area contributed by atoms with E-state index >= 15 is 0 Å². The fourth-order valence-electron chi connectivity index (χ4n) is 1.65. The van der Waals surface area contributed by atoms with Crippen LogP contribution in [0.2, 0.25) is 0 Å². The molecule has 0 aromatic rings. The molecule has 1 unspecified atom stereocenters. The number of nitrogens with one attached hydrogen (secondary N) is 3. The molecule has 5 nitrogen and oxygen atoms in total. The van der Waals surface area contributed by atoms with Crippen LogP contribution in [0.1, 0.15) is 33.6 Å². The van der Waals surface area contributed by atoms with Crippen molar-refractivity contribution in [3.8, 4) is 0 Å². The Hall–Kier alpha value is -1.10. The van der Waals surface area contributed by atoms with E-state index < -0.39 is 0 Å². The molecule has 5 heteroatoms. The molecular weight excluding hydrogens is 206 g/mol. The van der Waals surface area contributed by atoms with Crippen molar-refractivity contribution in [3.63, 3.8) is 0 Å². The van der Waals surface area contributed by atoms with Gasteiger partial charge in [-0.2, -0.15) is 0 Å². The highest BCUT2D eigenvalue weighted by Crippen LogP contribution is 2.02. The topological polar surface area (TPSA) is 70.2 Å². The highest BCUT2D eigenvalue weighted by atomic mass is 16.2. The van der Waals surface area contributed by atoms with Gasteiger partial charge in [0.15, 0.2) is 0 Å². The van der Waals surface area contributed by atoms with Gasteiger partial charge in [0.05, 0.1) is 12.6 Å². The summed E-state index contributed by atoms with van der Waals surface area (Å²) in [5.41, 5.74) is -0.229. The lowest BCUT2D eigenvalue weighted by Crippen LogP contribution is -2.52. The maximum absolute atomic E-state index is 11.5. The van der Waals surface area contributed by atoms with Crippen molar-refractivity contribution in [1.29, 1.82) is 0 Å². The number of rotatable bonds is 3. The molecule has 0 spiro atoms. The van der Waals surface area contributed by atoms with E-state index in [1.165, 1.54) is 0 Å². The lowest BCUT2D eigenvalue weighted by molar-refractivity contribution is -0.125. The molecule has 1 heterocycles. The summed E-state index contributed by atoms with van der Waals surface area (Å²) in [7, 11) is 0. The van der Waals surface area contributed by atoms with E-state index in [1.807, 2.05) is 20.8 Å². The molecule has 0 aliphatic carbocycles. The van der Waals surface area contributed by atoms with Gasteiger partial charge in [-0.3, -0.25) is 14.9 Å². The predicted octanol–water partition coefficient (Wildman–Crippen LogP) is -0.231. The number of carbonyl (C=O) groups is 2. The number of hydrogen-bond donors (Lipinski definition) is 3. The average Bonchev–Trinajstić information content (AvgIpc) is 2.14. The number of hydrogen-bond acceptors (Lipinski definition) is 3. The second-order valence-electron chi connectivity index (χ2n) is 5.16. The van der Waals surface area contributed by atoms with Crippen LogP contribution in [0, 0.1) is 0 Å². The molecular formula is C11H21N3O2. The molecule has 0 saturated carbocycles. The zero-order valence-corrected chi connectivity index (χ0v) is 10.2. The summed E-state index contributed by atoms with van der Waals surface area (Å²) in [6, 6.07) is -0.223. The van der Waals surface area contributed by atoms with Gasteiger partial charge in [0.25, 0.3) is 0 Å². The van der Waals surface area contributed by atoms with Crippen LogP contribution < -0.4 is 16.0 Å². The molecule has 0 radical (unpaired) electrons. The SMILES string of the molecule is CC(C)(C)NC(=O)CNC1CCCNC1=O. The van der Waals surface area contributed by atoms with Crippen molar-refractivity contribution in [2.45, 2.75) is 45.2 Å². The minimum atomic E-state index is -0.229. The second-order valence-corrected chi connectivity index (χ2v) is 5.16. The summed E-state index contributed by atoms with van der Waals surface area (Å²) in [5, 5.41) is 8.58. The van der Waals surface area contributed by atoms with Crippen LogP contribution in [0.5, 0.6) is 0 Å². The van der Waals surface area contributed by atoms with Crippen molar-refractivity contribution >= 4 is 11.8 Å². The van der Waals surface area contributed by atoms with Gasteiger partial charge in [0, 0.05) is 12.1 Å². The van der Waals surface area contributed by atoms with E-state index in [9.17, 15) is 9.59 Å². The molecule has 1 atom stereocenters. The maximum atomic E-state index is 11.5. The molecule has 1 aliphatic heterocycles. The van der Waals surface area contributed by atoms with Crippen LogP contribution in [-0.2, 0) is 9.59 Å². The first-order chi connectivity index (χ1) is 7.38. The molecule has 1 saturated heterocycles. The van der Waals surface area contributed by atoms with Gasteiger partial charge in [-0.15, -0.1) is 0 Å². The summed E-state index contributed by atoms with van der Waals surface area (Å²) >= 11 is 0. The lowest BCUT2D eigenvalue weighted by Gasteiger charge is -2.24. The van der Waals surface area contributed by atoms with Crippen molar-refractivity contribution in [2.24, 2.45) is 0 Å². The Bertz CT molecular complexity index is 271. The first kappa shape index (κ1) is 13.0. The molecule has 92 valence electrons. The van der Waals surface area contributed by atoms with Crippen molar-refractivity contribution in [2.75, 3.05) is 13.1 Å². The van der Waals surface area contributed by atoms with Crippen LogP contribution in [0.4, 0.5) is 0 Å². The van der Waals surface area contributed by atoms with Gasteiger partial charge < -0.3 is 10.6 Å². The molecule has 0 aromatic carbocycles. The highest BCUT2D eigenvalue weighted by Gasteiger charge is 2.22. The molecule has 3 N–H and O–H groups in total. The van der Waals surface area contributed by atoms with Crippen LogP contribution >= 0.6 is 0 Å². The second kappa shape index (κ2) is 5.30. The van der Waals surface area contributed by atoms with Crippen LogP contribution in [-0.4, -0.2) is 36.5 Å². The van der Waals surface area contributed by atoms with E-state index in [1.54, 1.807) is 0 Å². The predicted molar refractivity (Wildman–Crippen MR) is 61.9 cm³/mol. The summed E-state index contributed by atoms with van der Waals surface area (Å²) in [4.78, 5) is 22.9. The van der Waals surface area contributed by atoms with E-state index in [-0.39, 0.29) is 29.9 Å². The van der Waals surface area contributed by atoms with E-state index in [0.29, 0.717) is 0 Å². The minimum absolute atomic E-state index is 0.00481. The minimum Gasteiger partial charge on any atom is -0.355 e. The Balaban J connectivity index is 2.28. The molecule has 2 amide bonds. The lowest BCUT2D eigenvalue weighted by atomic mass is 10.1. The largest absolute Gasteiger partial charge is 0.355 e. The van der Waals surface area contributed by atoms with Crippen molar-refractivity contribution < 1.29 is 9.59 Å². The van der Waals surface area contributed by atoms with Crippen LogP contribution in [0.25, 0.3) is 0 Å². The average molecular weight is 227 g/mol. The number of amides is 2. The van der Waals surface area contributed by atoms with E-state index in [2.05, 4.69) is 16.0 Å². The number of carbonyl (C=O) groups excluding carboxylic acids is 2. The Labute approximate surface area is 96.4 Å². The third kappa shape index (κ3) is 4.61. The molecule has 0 bridgehead atoms. The molecule has 1 rings (SSSR count). The van der Waals surface area contributed by atoms with Gasteiger partial charge in [-0.25, -0.2) is 0 Å². The van der Waals surface area contributed by atoms with Crippen LogP contribution in [0.15, 0.2) is 0 Å².